The Morgan fingerprint density at radius 2 is 2.28 bits per heavy atom. The van der Waals surface area contributed by atoms with Crippen LogP contribution in [0.25, 0.3) is 4.85 Å². The molecule has 0 aliphatic heterocycles. The van der Waals surface area contributed by atoms with Gasteiger partial charge in [0.15, 0.2) is 0 Å². The summed E-state index contributed by atoms with van der Waals surface area (Å²) in [6, 6.07) is 4.40. The van der Waals surface area contributed by atoms with Gasteiger partial charge in [-0.25, -0.2) is 9.78 Å². The molecule has 1 aliphatic carbocycles. The fourth-order valence-corrected chi connectivity index (χ4v) is 2.76. The molecule has 0 saturated heterocycles. The van der Waals surface area contributed by atoms with Crippen LogP contribution in [-0.4, -0.2) is 35.0 Å². The highest BCUT2D eigenvalue weighted by Gasteiger charge is 2.31. The molecule has 0 bridgehead atoms. The molecule has 1 heterocycles. The third-order valence-electron chi connectivity index (χ3n) is 4.22. The first-order valence-electron chi connectivity index (χ1n) is 8.03. The van der Waals surface area contributed by atoms with Gasteiger partial charge in [-0.05, 0) is 35.2 Å². The molecule has 2 N–H and O–H groups in total. The molecular weight excluding hydrogens is 320 g/mol. The Bertz CT molecular complexity index is 819. The molecule has 1 atom stereocenters. The van der Waals surface area contributed by atoms with E-state index in [1.807, 2.05) is 6.07 Å². The number of imidazole rings is 1. The Morgan fingerprint density at radius 3 is 2.88 bits per heavy atom. The van der Waals surface area contributed by atoms with Crippen LogP contribution in [0, 0.1) is 6.57 Å². The lowest BCUT2D eigenvalue weighted by atomic mass is 10.0. The van der Waals surface area contributed by atoms with Gasteiger partial charge in [-0.15, -0.1) is 0 Å². The van der Waals surface area contributed by atoms with Crippen molar-refractivity contribution in [1.82, 2.24) is 15.3 Å². The van der Waals surface area contributed by atoms with Crippen molar-refractivity contribution in [2.75, 3.05) is 7.11 Å². The van der Waals surface area contributed by atoms with Gasteiger partial charge < -0.3 is 15.0 Å². The number of rotatable bonds is 6. The highest BCUT2D eigenvalue weighted by Crippen LogP contribution is 2.42. The summed E-state index contributed by atoms with van der Waals surface area (Å²) in [7, 11) is 1.29. The summed E-state index contributed by atoms with van der Waals surface area (Å²) < 4.78 is 4.80. The van der Waals surface area contributed by atoms with Crippen LogP contribution in [0.5, 0.6) is 0 Å². The number of carbonyl (C=O) groups is 2. The molecule has 1 aromatic carbocycles. The van der Waals surface area contributed by atoms with Crippen molar-refractivity contribution in [3.63, 3.8) is 0 Å². The van der Waals surface area contributed by atoms with E-state index in [0.717, 1.165) is 24.1 Å². The van der Waals surface area contributed by atoms with E-state index >= 15 is 0 Å². The van der Waals surface area contributed by atoms with Crippen LogP contribution in [0.2, 0.25) is 0 Å². The van der Waals surface area contributed by atoms with Gasteiger partial charge in [0.1, 0.15) is 6.04 Å². The first kappa shape index (κ1) is 16.7. The molecule has 0 radical (unpaired) electrons. The number of aromatic amines is 1. The minimum atomic E-state index is -0.802. The number of carbonyl (C=O) groups excluding carboxylic acids is 2. The summed E-state index contributed by atoms with van der Waals surface area (Å²) in [6.07, 6.45) is 5.46. The molecule has 1 fully saturated rings. The second kappa shape index (κ2) is 7.18. The van der Waals surface area contributed by atoms with E-state index in [0.29, 0.717) is 17.2 Å². The SMILES string of the molecule is C#[N+]c1ccc(C(=O)N[C@H](Cc2cnc[nH]2)C(=O)OC)c(C2CC2)c1. The Balaban J connectivity index is 1.81. The van der Waals surface area contributed by atoms with Crippen molar-refractivity contribution in [2.24, 2.45) is 0 Å². The van der Waals surface area contributed by atoms with Crippen LogP contribution in [0.1, 0.15) is 40.4 Å². The molecule has 128 valence electrons. The van der Waals surface area contributed by atoms with Gasteiger partial charge in [-0.2, -0.15) is 0 Å². The summed E-state index contributed by atoms with van der Waals surface area (Å²) >= 11 is 0. The van der Waals surface area contributed by atoms with Gasteiger partial charge >= 0.3 is 11.7 Å². The first-order chi connectivity index (χ1) is 12.1. The Kier molecular flexibility index (Phi) is 4.80. The smallest absolute Gasteiger partial charge is 0.340 e. The predicted molar refractivity (Wildman–Crippen MR) is 91.9 cm³/mol. The lowest BCUT2D eigenvalue weighted by molar-refractivity contribution is -0.142. The van der Waals surface area contributed by atoms with Crippen LogP contribution in [0.4, 0.5) is 5.69 Å². The summed E-state index contributed by atoms with van der Waals surface area (Å²) in [5.74, 6) is -0.489. The summed E-state index contributed by atoms with van der Waals surface area (Å²) in [6.45, 7) is 5.33. The molecular formula is C18H19N4O3+. The second-order valence-electron chi connectivity index (χ2n) is 6.01. The zero-order valence-corrected chi connectivity index (χ0v) is 13.9. The molecule has 2 aromatic rings. The molecule has 7 heteroatoms. The van der Waals surface area contributed by atoms with Crippen molar-refractivity contribution in [2.45, 2.75) is 31.2 Å². The molecule has 0 spiro atoms. The highest BCUT2D eigenvalue weighted by atomic mass is 16.5. The Hall–Kier alpha value is -3.14. The van der Waals surface area contributed by atoms with Crippen LogP contribution in [0.3, 0.4) is 0 Å². The fraction of sp³-hybridized carbons (Fsp3) is 0.333. The molecule has 7 nitrogen and oxygen atoms in total. The molecule has 1 aromatic heterocycles. The van der Waals surface area contributed by atoms with Gasteiger partial charge in [0, 0.05) is 36.0 Å². The van der Waals surface area contributed by atoms with E-state index < -0.39 is 12.0 Å². The molecule has 1 saturated carbocycles. The number of esters is 1. The average Bonchev–Trinajstić information content (AvgIpc) is 3.36. The van der Waals surface area contributed by atoms with Gasteiger partial charge in [0.25, 0.3) is 12.5 Å². The lowest BCUT2D eigenvalue weighted by Gasteiger charge is -2.17. The number of nitrogens with zero attached hydrogens (tertiary/aromatic N) is 2. The first-order valence-corrected chi connectivity index (χ1v) is 8.03. The predicted octanol–water partition coefficient (Wildman–Crippen LogP) is 2.40. The van der Waals surface area contributed by atoms with Crippen LogP contribution < -0.4 is 5.32 Å². The maximum Gasteiger partial charge on any atom is 0.340 e. The quantitative estimate of drug-likeness (QED) is 0.791. The van der Waals surface area contributed by atoms with E-state index in [1.165, 1.54) is 13.4 Å². The topological polar surface area (TPSA) is 88.4 Å². The summed E-state index contributed by atoms with van der Waals surface area (Å²) in [5, 5.41) is 2.76. The zero-order chi connectivity index (χ0) is 17.8. The van der Waals surface area contributed by atoms with Gasteiger partial charge in [-0.1, -0.05) is 0 Å². The van der Waals surface area contributed by atoms with Gasteiger partial charge in [0.05, 0.1) is 13.4 Å². The summed E-state index contributed by atoms with van der Waals surface area (Å²) in [5.41, 5.74) is 2.80. The van der Waals surface area contributed by atoms with Crippen LogP contribution in [-0.2, 0) is 16.0 Å². The van der Waals surface area contributed by atoms with Crippen LogP contribution in [0.15, 0.2) is 30.7 Å². The normalized spacial score (nSPS) is 14.4. The maximum atomic E-state index is 12.8. The highest BCUT2D eigenvalue weighted by molar-refractivity contribution is 5.98. The summed E-state index contributed by atoms with van der Waals surface area (Å²) in [4.78, 5) is 35.3. The number of H-pyrrole nitrogens is 1. The Morgan fingerprint density at radius 1 is 1.48 bits per heavy atom. The third kappa shape index (κ3) is 3.86. The fourth-order valence-electron chi connectivity index (χ4n) is 2.76. The van der Waals surface area contributed by atoms with Gasteiger partial charge in [0.2, 0.25) is 0 Å². The zero-order valence-electron chi connectivity index (χ0n) is 13.9. The molecule has 1 amide bonds. The van der Waals surface area contributed by atoms with Crippen molar-refractivity contribution >= 4 is 17.6 Å². The van der Waals surface area contributed by atoms with Gasteiger partial charge in [-0.3, -0.25) is 4.79 Å². The maximum absolute atomic E-state index is 12.8. The van der Waals surface area contributed by atoms with Crippen LogP contribution >= 0.6 is 0 Å². The molecule has 25 heavy (non-hydrogen) atoms. The van der Waals surface area contributed by atoms with Crippen molar-refractivity contribution in [3.8, 4) is 6.57 Å². The Labute approximate surface area is 145 Å². The van der Waals surface area contributed by atoms with E-state index in [2.05, 4.69) is 20.1 Å². The third-order valence-corrected chi connectivity index (χ3v) is 4.22. The molecule has 1 aliphatic rings. The monoisotopic (exact) mass is 339 g/mol. The van der Waals surface area contributed by atoms with E-state index in [-0.39, 0.29) is 12.3 Å². The van der Waals surface area contributed by atoms with Crippen molar-refractivity contribution in [3.05, 3.63) is 52.4 Å². The standard InChI is InChI=1S/C18H18N4O3/c1-19-12-5-6-14(15(7-12)11-3-4-11)17(23)22-16(18(24)25-2)8-13-9-20-10-21-13/h1,5-7,9-11,16H,3-4,8H2,2H3,(H-,20,21,22,23)/p+1/t16-/m1/s1. The molecule has 3 rings (SSSR count). The number of hydrogen-bond acceptors (Lipinski definition) is 4. The van der Waals surface area contributed by atoms with E-state index in [1.54, 1.807) is 18.3 Å². The number of methoxy groups -OCH3 is 1. The minimum Gasteiger partial charge on any atom is -0.467 e. The lowest BCUT2D eigenvalue weighted by Crippen LogP contribution is -2.43. The minimum absolute atomic E-state index is 0.271. The number of hydrogen-bond donors (Lipinski definition) is 2. The second-order valence-corrected chi connectivity index (χ2v) is 6.01. The molecule has 0 unspecified atom stereocenters. The van der Waals surface area contributed by atoms with Crippen molar-refractivity contribution in [1.29, 1.82) is 0 Å². The number of amides is 1. The van der Waals surface area contributed by atoms with E-state index in [4.69, 9.17) is 11.3 Å². The average molecular weight is 339 g/mol. The van der Waals surface area contributed by atoms with Crippen molar-refractivity contribution < 1.29 is 14.3 Å². The number of nitrogens with one attached hydrogen (secondary N) is 2. The number of ether oxygens (including phenoxy) is 1. The van der Waals surface area contributed by atoms with E-state index in [9.17, 15) is 9.59 Å². The largest absolute Gasteiger partial charge is 0.467 e. The number of aromatic nitrogens is 2. The number of benzene rings is 1.